The first kappa shape index (κ1) is 15.7. The van der Waals surface area contributed by atoms with Gasteiger partial charge in [0.2, 0.25) is 11.8 Å². The second-order valence-electron chi connectivity index (χ2n) is 6.65. The van der Waals surface area contributed by atoms with Gasteiger partial charge in [0.15, 0.2) is 5.82 Å². The van der Waals surface area contributed by atoms with Crippen LogP contribution in [0.15, 0.2) is 22.7 Å². The lowest BCUT2D eigenvalue weighted by Gasteiger charge is -2.23. The molecule has 2 aromatic rings. The van der Waals surface area contributed by atoms with Gasteiger partial charge in [0.05, 0.1) is 0 Å². The van der Waals surface area contributed by atoms with E-state index < -0.39 is 0 Å². The van der Waals surface area contributed by atoms with Crippen molar-refractivity contribution >= 4 is 5.91 Å². The lowest BCUT2D eigenvalue weighted by atomic mass is 10.0. The largest absolute Gasteiger partial charge is 0.337 e. The highest BCUT2D eigenvalue weighted by Gasteiger charge is 2.36. The minimum atomic E-state index is -0.109. The lowest BCUT2D eigenvalue weighted by molar-refractivity contribution is -0.130. The molecule has 0 aliphatic carbocycles. The zero-order valence-electron chi connectivity index (χ0n) is 14.2. The molecule has 5 heteroatoms. The fourth-order valence-corrected chi connectivity index (χ4v) is 2.96. The Bertz CT molecular complexity index is 721. The first-order valence-corrected chi connectivity index (χ1v) is 8.15. The van der Waals surface area contributed by atoms with E-state index in [0.717, 1.165) is 6.42 Å². The molecule has 0 N–H and O–H groups in total. The standard InChI is InChI=1S/C18H23N3O2/c1-11(2)17-19-18(23-20-17)15-7-8-16(22)21(15)10-14-9-12(3)5-6-13(14)4/h5-6,9,11,15H,7-8,10H2,1-4H3. The van der Waals surface area contributed by atoms with Gasteiger partial charge in [-0.25, -0.2) is 0 Å². The molecule has 0 spiro atoms. The van der Waals surface area contributed by atoms with Crippen molar-refractivity contribution < 1.29 is 9.32 Å². The number of amides is 1. The lowest BCUT2D eigenvalue weighted by Crippen LogP contribution is -2.27. The first-order valence-electron chi connectivity index (χ1n) is 8.15. The van der Waals surface area contributed by atoms with E-state index in [1.54, 1.807) is 0 Å². The summed E-state index contributed by atoms with van der Waals surface area (Å²) in [7, 11) is 0. The zero-order valence-corrected chi connectivity index (χ0v) is 14.2. The summed E-state index contributed by atoms with van der Waals surface area (Å²) < 4.78 is 5.43. The number of hydrogen-bond acceptors (Lipinski definition) is 4. The number of carbonyl (C=O) groups excluding carboxylic acids is 1. The van der Waals surface area contributed by atoms with Crippen LogP contribution in [0.2, 0.25) is 0 Å². The third-order valence-corrected chi connectivity index (χ3v) is 4.43. The molecule has 1 amide bonds. The maximum Gasteiger partial charge on any atom is 0.249 e. The molecule has 1 atom stereocenters. The molecule has 5 nitrogen and oxygen atoms in total. The number of likely N-dealkylation sites (tertiary alicyclic amines) is 1. The van der Waals surface area contributed by atoms with Crippen LogP contribution < -0.4 is 0 Å². The normalized spacial score (nSPS) is 18.2. The highest BCUT2D eigenvalue weighted by molar-refractivity contribution is 5.78. The number of aromatic nitrogens is 2. The second kappa shape index (κ2) is 6.14. The van der Waals surface area contributed by atoms with Crippen molar-refractivity contribution in [3.05, 3.63) is 46.6 Å². The number of carbonyl (C=O) groups is 1. The van der Waals surface area contributed by atoms with Crippen LogP contribution in [-0.2, 0) is 11.3 Å². The smallest absolute Gasteiger partial charge is 0.249 e. The Morgan fingerprint density at radius 1 is 1.35 bits per heavy atom. The average molecular weight is 313 g/mol. The Morgan fingerprint density at radius 3 is 2.83 bits per heavy atom. The predicted molar refractivity (Wildman–Crippen MR) is 86.8 cm³/mol. The van der Waals surface area contributed by atoms with Crippen molar-refractivity contribution in [1.29, 1.82) is 0 Å². The number of hydrogen-bond donors (Lipinski definition) is 0. The third-order valence-electron chi connectivity index (χ3n) is 4.43. The topological polar surface area (TPSA) is 59.2 Å². The fourth-order valence-electron chi connectivity index (χ4n) is 2.96. The van der Waals surface area contributed by atoms with Crippen LogP contribution in [-0.4, -0.2) is 20.9 Å². The van der Waals surface area contributed by atoms with Crippen molar-refractivity contribution in [3.63, 3.8) is 0 Å². The quantitative estimate of drug-likeness (QED) is 0.864. The molecular weight excluding hydrogens is 290 g/mol. The maximum atomic E-state index is 12.3. The van der Waals surface area contributed by atoms with Gasteiger partial charge in [0.25, 0.3) is 0 Å². The Morgan fingerprint density at radius 2 is 2.13 bits per heavy atom. The minimum Gasteiger partial charge on any atom is -0.337 e. The van der Waals surface area contributed by atoms with Crippen LogP contribution in [0.5, 0.6) is 0 Å². The van der Waals surface area contributed by atoms with Gasteiger partial charge in [-0.3, -0.25) is 4.79 Å². The summed E-state index contributed by atoms with van der Waals surface area (Å²) in [6.07, 6.45) is 1.28. The van der Waals surface area contributed by atoms with Crippen LogP contribution >= 0.6 is 0 Å². The highest BCUT2D eigenvalue weighted by Crippen LogP contribution is 2.34. The van der Waals surface area contributed by atoms with Crippen LogP contribution in [0.4, 0.5) is 0 Å². The van der Waals surface area contributed by atoms with Crippen LogP contribution in [0.25, 0.3) is 0 Å². The van der Waals surface area contributed by atoms with E-state index in [-0.39, 0.29) is 17.9 Å². The summed E-state index contributed by atoms with van der Waals surface area (Å²) in [5.41, 5.74) is 3.57. The summed E-state index contributed by atoms with van der Waals surface area (Å²) in [5.74, 6) is 1.63. The van der Waals surface area contributed by atoms with Crippen molar-refractivity contribution in [1.82, 2.24) is 15.0 Å². The van der Waals surface area contributed by atoms with E-state index in [9.17, 15) is 4.79 Å². The molecule has 0 bridgehead atoms. The Kier molecular flexibility index (Phi) is 4.20. The van der Waals surface area contributed by atoms with Gasteiger partial charge in [0.1, 0.15) is 6.04 Å². The number of aryl methyl sites for hydroxylation is 2. The monoisotopic (exact) mass is 313 g/mol. The van der Waals surface area contributed by atoms with Crippen LogP contribution in [0.3, 0.4) is 0 Å². The SMILES string of the molecule is Cc1ccc(C)c(CN2C(=O)CCC2c2nc(C(C)C)no2)c1. The van der Waals surface area contributed by atoms with Gasteiger partial charge in [0, 0.05) is 18.9 Å². The molecule has 1 saturated heterocycles. The summed E-state index contributed by atoms with van der Waals surface area (Å²) in [6, 6.07) is 6.23. The molecule has 1 aliphatic heterocycles. The Labute approximate surface area is 136 Å². The highest BCUT2D eigenvalue weighted by atomic mass is 16.5. The van der Waals surface area contributed by atoms with Crippen LogP contribution in [0, 0.1) is 13.8 Å². The summed E-state index contributed by atoms with van der Waals surface area (Å²) in [4.78, 5) is 18.7. The summed E-state index contributed by atoms with van der Waals surface area (Å²) in [5, 5.41) is 4.03. The molecule has 1 aromatic heterocycles. The van der Waals surface area contributed by atoms with Gasteiger partial charge in [-0.1, -0.05) is 42.8 Å². The molecule has 1 unspecified atom stereocenters. The van der Waals surface area contributed by atoms with Crippen LogP contribution in [0.1, 0.15) is 67.1 Å². The van der Waals surface area contributed by atoms with Crippen molar-refractivity contribution in [2.24, 2.45) is 0 Å². The third kappa shape index (κ3) is 3.14. The van der Waals surface area contributed by atoms with Gasteiger partial charge in [-0.2, -0.15) is 4.98 Å². The number of nitrogens with zero attached hydrogens (tertiary/aromatic N) is 3. The van der Waals surface area contributed by atoms with Crippen molar-refractivity contribution in [3.8, 4) is 0 Å². The van der Waals surface area contributed by atoms with Gasteiger partial charge in [-0.15, -0.1) is 0 Å². The predicted octanol–water partition coefficient (Wildman–Crippen LogP) is 3.67. The Hall–Kier alpha value is -2.17. The molecule has 1 aromatic carbocycles. The molecule has 3 rings (SSSR count). The molecular formula is C18H23N3O2. The first-order chi connectivity index (χ1) is 11.0. The molecule has 122 valence electrons. The van der Waals surface area contributed by atoms with Gasteiger partial charge < -0.3 is 9.42 Å². The van der Waals surface area contributed by atoms with E-state index in [0.29, 0.717) is 24.7 Å². The molecule has 0 radical (unpaired) electrons. The summed E-state index contributed by atoms with van der Waals surface area (Å²) in [6.45, 7) is 8.80. The maximum absolute atomic E-state index is 12.3. The second-order valence-corrected chi connectivity index (χ2v) is 6.65. The van der Waals surface area contributed by atoms with Crippen molar-refractivity contribution in [2.45, 2.75) is 59.0 Å². The van der Waals surface area contributed by atoms with E-state index in [1.807, 2.05) is 18.7 Å². The average Bonchev–Trinajstić information content (AvgIpc) is 3.11. The summed E-state index contributed by atoms with van der Waals surface area (Å²) >= 11 is 0. The van der Waals surface area contributed by atoms with Gasteiger partial charge in [-0.05, 0) is 31.4 Å². The number of rotatable bonds is 4. The molecule has 1 fully saturated rings. The van der Waals surface area contributed by atoms with Gasteiger partial charge >= 0.3 is 0 Å². The van der Waals surface area contributed by atoms with E-state index >= 15 is 0 Å². The Balaban J connectivity index is 1.86. The molecule has 23 heavy (non-hydrogen) atoms. The zero-order chi connectivity index (χ0) is 16.6. The number of benzene rings is 1. The van der Waals surface area contributed by atoms with E-state index in [4.69, 9.17) is 4.52 Å². The molecule has 2 heterocycles. The van der Waals surface area contributed by atoms with E-state index in [1.165, 1.54) is 16.7 Å². The minimum absolute atomic E-state index is 0.109. The molecule has 1 aliphatic rings. The fraction of sp³-hybridized carbons (Fsp3) is 0.500. The molecule has 0 saturated carbocycles. The van der Waals surface area contributed by atoms with E-state index in [2.05, 4.69) is 42.2 Å². The van der Waals surface area contributed by atoms with Crippen molar-refractivity contribution in [2.75, 3.05) is 0 Å².